The molecule has 4 aromatic rings. The van der Waals surface area contributed by atoms with E-state index < -0.39 is 5.54 Å². The number of fused-ring (bicyclic) bond motifs is 2. The van der Waals surface area contributed by atoms with E-state index in [9.17, 15) is 9.59 Å². The van der Waals surface area contributed by atoms with Crippen LogP contribution in [0.4, 0.5) is 0 Å². The summed E-state index contributed by atoms with van der Waals surface area (Å²) in [6.07, 6.45) is 0. The van der Waals surface area contributed by atoms with Gasteiger partial charge in [0.05, 0.1) is 5.54 Å². The molecule has 0 spiro atoms. The first-order valence-electron chi connectivity index (χ1n) is 10.9. The highest BCUT2D eigenvalue weighted by Gasteiger charge is 2.36. The maximum Gasteiger partial charge on any atom is 0.273 e. The summed E-state index contributed by atoms with van der Waals surface area (Å²) < 4.78 is 0. The molecule has 0 aliphatic heterocycles. The summed E-state index contributed by atoms with van der Waals surface area (Å²) in [6, 6.07) is 27.1. The summed E-state index contributed by atoms with van der Waals surface area (Å²) in [5.41, 5.74) is 0.566. The Morgan fingerprint density at radius 2 is 1.09 bits per heavy atom. The summed E-state index contributed by atoms with van der Waals surface area (Å²) >= 11 is 0. The molecule has 4 aromatic carbocycles. The Balaban J connectivity index is 1.83. The van der Waals surface area contributed by atoms with Crippen LogP contribution in [0.2, 0.25) is 0 Å². The van der Waals surface area contributed by atoms with E-state index >= 15 is 0 Å². The smallest absolute Gasteiger partial charge is 0.267 e. The van der Waals surface area contributed by atoms with Gasteiger partial charge in [0.2, 0.25) is 0 Å². The highest BCUT2D eigenvalue weighted by Crippen LogP contribution is 2.28. The van der Waals surface area contributed by atoms with Crippen LogP contribution in [0, 0.1) is 0 Å². The summed E-state index contributed by atoms with van der Waals surface area (Å²) in [4.78, 5) is 27.7. The largest absolute Gasteiger partial charge is 0.273 e. The van der Waals surface area contributed by atoms with Crippen LogP contribution < -0.4 is 0 Å². The fourth-order valence-electron chi connectivity index (χ4n) is 4.23. The molecule has 0 aromatic heterocycles. The fourth-order valence-corrected chi connectivity index (χ4v) is 4.23. The second kappa shape index (κ2) is 8.46. The third-order valence-corrected chi connectivity index (χ3v) is 5.64. The van der Waals surface area contributed by atoms with Crippen LogP contribution >= 0.6 is 0 Å². The van der Waals surface area contributed by atoms with Gasteiger partial charge in [0, 0.05) is 17.7 Å². The molecule has 4 heteroatoms. The Bertz CT molecular complexity index is 1290. The van der Waals surface area contributed by atoms with Gasteiger partial charge in [-0.15, -0.1) is 0 Å². The van der Waals surface area contributed by atoms with E-state index in [0.29, 0.717) is 17.7 Å². The average Bonchev–Trinajstić information content (AvgIpc) is 2.80. The van der Waals surface area contributed by atoms with Gasteiger partial charge in [0.1, 0.15) is 0 Å². The third-order valence-electron chi connectivity index (χ3n) is 5.64. The van der Waals surface area contributed by atoms with E-state index in [1.165, 1.54) is 0 Å². The van der Waals surface area contributed by atoms with Crippen LogP contribution in [0.15, 0.2) is 84.9 Å². The Labute approximate surface area is 189 Å². The predicted octanol–water partition coefficient (Wildman–Crippen LogP) is 6.31. The molecular weight excluding hydrogens is 396 g/mol. The zero-order valence-corrected chi connectivity index (χ0v) is 19.0. The van der Waals surface area contributed by atoms with Gasteiger partial charge >= 0.3 is 0 Å². The van der Waals surface area contributed by atoms with Crippen molar-refractivity contribution in [2.45, 2.75) is 33.2 Å². The minimum atomic E-state index is -0.607. The van der Waals surface area contributed by atoms with E-state index in [1.807, 2.05) is 113 Å². The molecule has 0 N–H and O–H groups in total. The number of nitrogens with zero attached hydrogens (tertiary/aromatic N) is 2. The van der Waals surface area contributed by atoms with E-state index in [4.69, 9.17) is 0 Å². The summed E-state index contributed by atoms with van der Waals surface area (Å²) in [7, 11) is 0. The van der Waals surface area contributed by atoms with Gasteiger partial charge in [-0.2, -0.15) is 0 Å². The highest BCUT2D eigenvalue weighted by molar-refractivity contribution is 6.10. The molecule has 4 nitrogen and oxygen atoms in total. The molecule has 0 bridgehead atoms. The van der Waals surface area contributed by atoms with Gasteiger partial charge in [-0.3, -0.25) is 9.59 Å². The van der Waals surface area contributed by atoms with Crippen molar-refractivity contribution in [3.8, 4) is 0 Å². The second-order valence-electron chi connectivity index (χ2n) is 8.86. The fraction of sp³-hybridized carbons (Fsp3) is 0.214. The van der Waals surface area contributed by atoms with Crippen LogP contribution in [0.1, 0.15) is 48.4 Å². The van der Waals surface area contributed by atoms with Crippen LogP contribution in [-0.2, 0) is 0 Å². The lowest BCUT2D eigenvalue weighted by atomic mass is 10.0. The zero-order chi connectivity index (χ0) is 22.9. The number of rotatable bonds is 3. The van der Waals surface area contributed by atoms with Crippen LogP contribution in [0.5, 0.6) is 0 Å². The van der Waals surface area contributed by atoms with Crippen molar-refractivity contribution in [1.29, 1.82) is 0 Å². The molecule has 0 radical (unpaired) electrons. The maximum absolute atomic E-state index is 13.9. The standard InChI is InChI=1S/C28H28N2O2/c1-5-29(26(31)24-18-10-14-20-12-6-8-16-22(20)24)30(28(2,3)4)27(32)25-19-11-15-21-13-7-9-17-23(21)25/h6-19H,5H2,1-4H3. The molecule has 2 amide bonds. The van der Waals surface area contributed by atoms with Crippen LogP contribution in [0.25, 0.3) is 21.5 Å². The van der Waals surface area contributed by atoms with Crippen molar-refractivity contribution < 1.29 is 9.59 Å². The molecule has 0 fully saturated rings. The zero-order valence-electron chi connectivity index (χ0n) is 19.0. The molecule has 0 aliphatic rings. The number of amides is 2. The van der Waals surface area contributed by atoms with Crippen molar-refractivity contribution in [2.75, 3.05) is 6.54 Å². The van der Waals surface area contributed by atoms with E-state index in [2.05, 4.69) is 0 Å². The first-order valence-corrected chi connectivity index (χ1v) is 10.9. The summed E-state index contributed by atoms with van der Waals surface area (Å²) in [5, 5.41) is 6.94. The minimum Gasteiger partial charge on any atom is -0.267 e. The van der Waals surface area contributed by atoms with Crippen molar-refractivity contribution in [3.63, 3.8) is 0 Å². The third kappa shape index (κ3) is 3.84. The first-order chi connectivity index (χ1) is 15.3. The summed E-state index contributed by atoms with van der Waals surface area (Å²) in [5.74, 6) is -0.377. The Kier molecular flexibility index (Phi) is 5.70. The van der Waals surface area contributed by atoms with E-state index in [-0.39, 0.29) is 11.8 Å². The second-order valence-corrected chi connectivity index (χ2v) is 8.86. The van der Waals surface area contributed by atoms with Gasteiger partial charge < -0.3 is 0 Å². The number of carbonyl (C=O) groups excluding carboxylic acids is 2. The van der Waals surface area contributed by atoms with Crippen molar-refractivity contribution in [3.05, 3.63) is 96.1 Å². The Hall–Kier alpha value is -3.66. The minimum absolute atomic E-state index is 0.187. The van der Waals surface area contributed by atoms with Crippen molar-refractivity contribution in [2.24, 2.45) is 0 Å². The molecule has 32 heavy (non-hydrogen) atoms. The van der Waals surface area contributed by atoms with Gasteiger partial charge in [0.25, 0.3) is 11.8 Å². The van der Waals surface area contributed by atoms with Crippen LogP contribution in [0.3, 0.4) is 0 Å². The van der Waals surface area contributed by atoms with Crippen molar-refractivity contribution in [1.82, 2.24) is 10.0 Å². The lowest BCUT2D eigenvalue weighted by Crippen LogP contribution is -2.58. The molecule has 0 unspecified atom stereocenters. The predicted molar refractivity (Wildman–Crippen MR) is 131 cm³/mol. The molecule has 0 atom stereocenters. The topological polar surface area (TPSA) is 40.6 Å². The maximum atomic E-state index is 13.9. The van der Waals surface area contributed by atoms with Gasteiger partial charge in [-0.25, -0.2) is 10.0 Å². The lowest BCUT2D eigenvalue weighted by molar-refractivity contribution is -0.0408. The molecule has 0 saturated heterocycles. The molecule has 0 heterocycles. The SMILES string of the molecule is CCN(C(=O)c1cccc2ccccc12)N(C(=O)c1cccc2ccccc12)C(C)(C)C. The Morgan fingerprint density at radius 3 is 1.56 bits per heavy atom. The van der Waals surface area contributed by atoms with E-state index in [0.717, 1.165) is 21.5 Å². The average molecular weight is 425 g/mol. The van der Waals surface area contributed by atoms with Gasteiger partial charge in [-0.05, 0) is 61.4 Å². The highest BCUT2D eigenvalue weighted by atomic mass is 16.2. The number of hydrogen-bond acceptors (Lipinski definition) is 2. The molecule has 162 valence electrons. The molecule has 4 rings (SSSR count). The van der Waals surface area contributed by atoms with Crippen molar-refractivity contribution >= 4 is 33.4 Å². The van der Waals surface area contributed by atoms with E-state index in [1.54, 1.807) is 10.0 Å². The quantitative estimate of drug-likeness (QED) is 0.362. The number of carbonyl (C=O) groups is 2. The van der Waals surface area contributed by atoms with Crippen LogP contribution in [-0.4, -0.2) is 33.9 Å². The molecular formula is C28H28N2O2. The normalized spacial score (nSPS) is 11.5. The number of hydrogen-bond donors (Lipinski definition) is 0. The molecule has 0 saturated carbocycles. The lowest BCUT2D eigenvalue weighted by Gasteiger charge is -2.43. The first kappa shape index (κ1) is 21.6. The van der Waals surface area contributed by atoms with Gasteiger partial charge in [-0.1, -0.05) is 72.8 Å². The Morgan fingerprint density at radius 1 is 0.656 bits per heavy atom. The van der Waals surface area contributed by atoms with Gasteiger partial charge in [0.15, 0.2) is 0 Å². The number of hydrazine groups is 1. The monoisotopic (exact) mass is 424 g/mol. The number of benzene rings is 4. The molecule has 0 aliphatic carbocycles. The summed E-state index contributed by atoms with van der Waals surface area (Å²) in [6.45, 7) is 8.13.